The number of rotatable bonds is 5. The zero-order valence-corrected chi connectivity index (χ0v) is 16.1. The first-order chi connectivity index (χ1) is 13.2. The minimum Gasteiger partial charge on any atom is -0.361 e. The summed E-state index contributed by atoms with van der Waals surface area (Å²) < 4.78 is 0. The summed E-state index contributed by atoms with van der Waals surface area (Å²) in [5.74, 6) is -0.180. The van der Waals surface area contributed by atoms with Crippen molar-refractivity contribution in [2.75, 3.05) is 7.05 Å². The predicted octanol–water partition coefficient (Wildman–Crippen LogP) is 1.36. The number of aliphatic hydroxyl groups excluding tert-OH is 1. The van der Waals surface area contributed by atoms with Gasteiger partial charge in [0.25, 0.3) is 5.69 Å². The van der Waals surface area contributed by atoms with Crippen LogP contribution in [0.25, 0.3) is 0 Å². The molecule has 1 aromatic carbocycles. The van der Waals surface area contributed by atoms with Gasteiger partial charge in [-0.15, -0.1) is 0 Å². The molecule has 0 spiro atoms. The molecule has 150 valence electrons. The number of nitrogens with zero attached hydrogens (tertiary/aromatic N) is 3. The first-order valence-electron chi connectivity index (χ1n) is 9.19. The molecule has 1 unspecified atom stereocenters. The highest BCUT2D eigenvalue weighted by Gasteiger charge is 2.57. The molecule has 2 atom stereocenters. The lowest BCUT2D eigenvalue weighted by atomic mass is 9.87. The maximum absolute atomic E-state index is 12.8. The Labute approximate surface area is 166 Å². The SMILES string of the molecule is CN1C(=O)[C@](CCC(=O)N2Cc3cc(Cl)c([N+](=O)[O-])cc3C2)(C2CC2)NC1O. The fourth-order valence-corrected chi connectivity index (χ4v) is 4.51. The van der Waals surface area contributed by atoms with Crippen LogP contribution in [0.1, 0.15) is 36.8 Å². The number of aliphatic hydroxyl groups is 1. The average Bonchev–Trinajstić information content (AvgIpc) is 3.38. The van der Waals surface area contributed by atoms with Crippen LogP contribution in [0.5, 0.6) is 0 Å². The van der Waals surface area contributed by atoms with Gasteiger partial charge in [0.05, 0.1) is 4.92 Å². The van der Waals surface area contributed by atoms with Gasteiger partial charge in [0.1, 0.15) is 10.6 Å². The third-order valence-corrected chi connectivity index (χ3v) is 6.31. The maximum atomic E-state index is 12.8. The largest absolute Gasteiger partial charge is 0.361 e. The summed E-state index contributed by atoms with van der Waals surface area (Å²) in [5, 5.41) is 24.1. The van der Waals surface area contributed by atoms with Gasteiger partial charge in [-0.3, -0.25) is 25.0 Å². The number of amides is 2. The molecular weight excluding hydrogens is 388 g/mol. The maximum Gasteiger partial charge on any atom is 0.288 e. The van der Waals surface area contributed by atoms with Crippen molar-refractivity contribution < 1.29 is 19.6 Å². The summed E-state index contributed by atoms with van der Waals surface area (Å²) in [6.45, 7) is 0.624. The minimum atomic E-state index is -1.04. The van der Waals surface area contributed by atoms with Gasteiger partial charge in [0, 0.05) is 32.6 Å². The summed E-state index contributed by atoms with van der Waals surface area (Å²) in [5.41, 5.74) is 0.455. The molecule has 9 nitrogen and oxygen atoms in total. The van der Waals surface area contributed by atoms with Gasteiger partial charge in [-0.05, 0) is 42.4 Å². The Morgan fingerprint density at radius 2 is 2.04 bits per heavy atom. The van der Waals surface area contributed by atoms with Crippen LogP contribution in [-0.4, -0.2) is 50.6 Å². The van der Waals surface area contributed by atoms with Crippen molar-refractivity contribution in [1.29, 1.82) is 0 Å². The molecule has 1 saturated carbocycles. The quantitative estimate of drug-likeness (QED) is 0.561. The summed E-state index contributed by atoms with van der Waals surface area (Å²) in [4.78, 5) is 38.8. The van der Waals surface area contributed by atoms with Gasteiger partial charge in [-0.25, -0.2) is 0 Å². The number of fused-ring (bicyclic) bond motifs is 1. The number of benzene rings is 1. The summed E-state index contributed by atoms with van der Waals surface area (Å²) in [7, 11) is 1.54. The lowest BCUT2D eigenvalue weighted by molar-refractivity contribution is -0.384. The number of likely N-dealkylation sites (N-methyl/N-ethyl adjacent to an activating group) is 1. The van der Waals surface area contributed by atoms with Gasteiger partial charge in [0.15, 0.2) is 6.35 Å². The van der Waals surface area contributed by atoms with E-state index in [1.165, 1.54) is 11.0 Å². The normalized spacial score (nSPS) is 26.7. The topological polar surface area (TPSA) is 116 Å². The highest BCUT2D eigenvalue weighted by Crippen LogP contribution is 2.45. The van der Waals surface area contributed by atoms with Crippen LogP contribution in [0, 0.1) is 16.0 Å². The molecule has 1 aliphatic carbocycles. The van der Waals surface area contributed by atoms with Crippen LogP contribution in [0.2, 0.25) is 5.02 Å². The average molecular weight is 409 g/mol. The van der Waals surface area contributed by atoms with Crippen molar-refractivity contribution >= 4 is 29.1 Å². The predicted molar refractivity (Wildman–Crippen MR) is 99.0 cm³/mol. The van der Waals surface area contributed by atoms with E-state index in [2.05, 4.69) is 5.32 Å². The van der Waals surface area contributed by atoms with Gasteiger partial charge in [-0.2, -0.15) is 0 Å². The van der Waals surface area contributed by atoms with Gasteiger partial charge in [0.2, 0.25) is 11.8 Å². The lowest BCUT2D eigenvalue weighted by Crippen LogP contribution is -2.50. The Morgan fingerprint density at radius 3 is 2.57 bits per heavy atom. The molecule has 28 heavy (non-hydrogen) atoms. The number of carbonyl (C=O) groups is 2. The molecule has 2 heterocycles. The second kappa shape index (κ2) is 6.68. The Hall–Kier alpha value is -2.23. The first kappa shape index (κ1) is 19.1. The molecule has 2 aliphatic heterocycles. The second-order valence-electron chi connectivity index (χ2n) is 7.76. The first-order valence-corrected chi connectivity index (χ1v) is 9.57. The van der Waals surface area contributed by atoms with Gasteiger partial charge in [-0.1, -0.05) is 11.6 Å². The zero-order chi connectivity index (χ0) is 20.2. The monoisotopic (exact) mass is 408 g/mol. The zero-order valence-electron chi connectivity index (χ0n) is 15.4. The number of nitro benzene ring substituents is 1. The number of nitrogens with one attached hydrogen (secondary N) is 1. The number of carbonyl (C=O) groups excluding carboxylic acids is 2. The number of nitro groups is 1. The van der Waals surface area contributed by atoms with E-state index in [1.807, 2.05) is 0 Å². The molecule has 1 saturated heterocycles. The van der Waals surface area contributed by atoms with E-state index in [4.69, 9.17) is 11.6 Å². The molecule has 2 fully saturated rings. The van der Waals surface area contributed by atoms with E-state index >= 15 is 0 Å². The third kappa shape index (κ3) is 3.03. The number of hydrogen-bond donors (Lipinski definition) is 2. The van der Waals surface area contributed by atoms with Crippen molar-refractivity contribution in [2.45, 2.75) is 50.7 Å². The molecule has 1 aromatic rings. The summed E-state index contributed by atoms with van der Waals surface area (Å²) in [6.07, 6.45) is 1.21. The summed E-state index contributed by atoms with van der Waals surface area (Å²) in [6, 6.07) is 2.96. The fourth-order valence-electron chi connectivity index (χ4n) is 4.25. The number of hydrogen-bond acceptors (Lipinski definition) is 6. The van der Waals surface area contributed by atoms with Crippen LogP contribution < -0.4 is 5.32 Å². The smallest absolute Gasteiger partial charge is 0.288 e. The standard InChI is InChI=1S/C18H21ClN4O5/c1-21-16(25)18(12-2-3-12,20-17(21)26)5-4-15(24)22-8-10-6-13(19)14(23(27)28)7-11(10)9-22/h6-7,12,17,20,26H,2-5,8-9H2,1H3/t17?,18-/m0/s1. The fraction of sp³-hybridized carbons (Fsp3) is 0.556. The van der Waals surface area contributed by atoms with Crippen LogP contribution in [0.15, 0.2) is 12.1 Å². The van der Waals surface area contributed by atoms with Crippen LogP contribution in [-0.2, 0) is 22.7 Å². The van der Waals surface area contributed by atoms with E-state index in [9.17, 15) is 24.8 Å². The molecule has 0 radical (unpaired) electrons. The molecule has 4 rings (SSSR count). The third-order valence-electron chi connectivity index (χ3n) is 6.00. The highest BCUT2D eigenvalue weighted by molar-refractivity contribution is 6.32. The molecule has 0 aromatic heterocycles. The summed E-state index contributed by atoms with van der Waals surface area (Å²) >= 11 is 5.96. The van der Waals surface area contributed by atoms with Crippen LogP contribution in [0.3, 0.4) is 0 Å². The van der Waals surface area contributed by atoms with Crippen molar-refractivity contribution in [3.8, 4) is 0 Å². The second-order valence-corrected chi connectivity index (χ2v) is 8.17. The molecule has 3 aliphatic rings. The Morgan fingerprint density at radius 1 is 1.39 bits per heavy atom. The molecular formula is C18H21ClN4O5. The Kier molecular flexibility index (Phi) is 4.56. The number of halogens is 1. The van der Waals surface area contributed by atoms with Crippen molar-refractivity contribution in [2.24, 2.45) is 5.92 Å². The van der Waals surface area contributed by atoms with E-state index in [0.717, 1.165) is 18.4 Å². The van der Waals surface area contributed by atoms with Crippen LogP contribution in [0.4, 0.5) is 5.69 Å². The van der Waals surface area contributed by atoms with E-state index in [1.54, 1.807) is 18.0 Å². The molecule has 0 bridgehead atoms. The van der Waals surface area contributed by atoms with Crippen LogP contribution >= 0.6 is 11.6 Å². The Bertz CT molecular complexity index is 874. The highest BCUT2D eigenvalue weighted by atomic mass is 35.5. The van der Waals surface area contributed by atoms with Crippen molar-refractivity contribution in [3.63, 3.8) is 0 Å². The minimum absolute atomic E-state index is 0.0588. The van der Waals surface area contributed by atoms with Crippen molar-refractivity contribution in [3.05, 3.63) is 38.4 Å². The van der Waals surface area contributed by atoms with E-state index in [0.29, 0.717) is 18.5 Å². The molecule has 2 amide bonds. The van der Waals surface area contributed by atoms with Gasteiger partial charge < -0.3 is 14.9 Å². The molecule has 10 heteroatoms. The lowest BCUT2D eigenvalue weighted by Gasteiger charge is -2.27. The molecule has 2 N–H and O–H groups in total. The van der Waals surface area contributed by atoms with E-state index in [-0.39, 0.29) is 41.4 Å². The van der Waals surface area contributed by atoms with Gasteiger partial charge >= 0.3 is 0 Å². The van der Waals surface area contributed by atoms with Crippen molar-refractivity contribution in [1.82, 2.24) is 15.1 Å². The van der Waals surface area contributed by atoms with E-state index < -0.39 is 16.8 Å². The Balaban J connectivity index is 1.45.